The number of rotatable bonds is 8. The van der Waals surface area contributed by atoms with E-state index in [1.165, 1.54) is 6.92 Å². The lowest BCUT2D eigenvalue weighted by molar-refractivity contribution is -0.338. The molecule has 12 heteroatoms. The van der Waals surface area contributed by atoms with E-state index in [1.54, 1.807) is 6.92 Å². The molecule has 0 aromatic heterocycles. The molecule has 0 aromatic carbocycles. The Morgan fingerprint density at radius 3 is 2.21 bits per heavy atom. The largest absolute Gasteiger partial charge is 0.394 e. The van der Waals surface area contributed by atoms with Crippen molar-refractivity contribution in [1.29, 1.82) is 0 Å². The van der Waals surface area contributed by atoms with Gasteiger partial charge in [0.25, 0.3) is 0 Å². The number of aliphatic hydroxyl groups is 5. The SMILES string of the molecule is CC(=O)NC1C(O)[C@H](O)C(CO)O[C@H]1O[C@@H]1C(CO)O[C@@H](OCCS)C(C)C1O. The van der Waals surface area contributed by atoms with Gasteiger partial charge in [0.1, 0.15) is 36.6 Å². The van der Waals surface area contributed by atoms with Crippen LogP contribution in [0, 0.1) is 5.92 Å². The standard InChI is InChI=1S/C17H31NO10S/c1-7-12(22)15(10(6-20)27-16(7)25-3-4-29)28-17-11(18-8(2)21)14(24)13(23)9(5-19)26-17/h7,9-17,19-20,22-24,29H,3-6H2,1-2H3,(H,18,21)/t7?,9?,10?,11?,12?,13-,14?,15-,16-,17+/m1/s1. The summed E-state index contributed by atoms with van der Waals surface area (Å²) in [6.45, 7) is 2.08. The van der Waals surface area contributed by atoms with Crippen molar-refractivity contribution in [2.75, 3.05) is 25.6 Å². The van der Waals surface area contributed by atoms with E-state index in [2.05, 4.69) is 17.9 Å². The van der Waals surface area contributed by atoms with E-state index in [1.807, 2.05) is 0 Å². The summed E-state index contributed by atoms with van der Waals surface area (Å²) in [5.74, 6) is -0.591. The highest BCUT2D eigenvalue weighted by Gasteiger charge is 2.50. The van der Waals surface area contributed by atoms with Gasteiger partial charge in [0.05, 0.1) is 25.9 Å². The third kappa shape index (κ3) is 5.79. The molecule has 29 heavy (non-hydrogen) atoms. The Morgan fingerprint density at radius 2 is 1.66 bits per heavy atom. The van der Waals surface area contributed by atoms with Gasteiger partial charge in [-0.3, -0.25) is 4.79 Å². The second-order valence-corrected chi connectivity index (χ2v) is 7.65. The second kappa shape index (κ2) is 11.2. The molecule has 2 fully saturated rings. The van der Waals surface area contributed by atoms with Crippen molar-refractivity contribution < 1.29 is 49.3 Å². The number of aliphatic hydroxyl groups excluding tert-OH is 5. The van der Waals surface area contributed by atoms with E-state index in [4.69, 9.17) is 18.9 Å². The monoisotopic (exact) mass is 441 g/mol. The number of carbonyl (C=O) groups excluding carboxylic acids is 1. The Hall–Kier alpha value is -0.540. The van der Waals surface area contributed by atoms with Gasteiger partial charge in [-0.2, -0.15) is 12.6 Å². The summed E-state index contributed by atoms with van der Waals surface area (Å²) < 4.78 is 22.5. The maximum atomic E-state index is 11.5. The van der Waals surface area contributed by atoms with Crippen molar-refractivity contribution in [1.82, 2.24) is 5.32 Å². The molecular formula is C17H31NO10S. The average molecular weight is 441 g/mol. The molecule has 0 spiro atoms. The van der Waals surface area contributed by atoms with E-state index in [9.17, 15) is 30.3 Å². The number of carbonyl (C=O) groups is 1. The molecular weight excluding hydrogens is 410 g/mol. The molecule has 0 bridgehead atoms. The molecule has 6 N–H and O–H groups in total. The minimum atomic E-state index is -1.49. The fraction of sp³-hybridized carbons (Fsp3) is 0.941. The number of thiol groups is 1. The van der Waals surface area contributed by atoms with Gasteiger partial charge in [-0.1, -0.05) is 6.92 Å². The van der Waals surface area contributed by atoms with Crippen LogP contribution in [0.5, 0.6) is 0 Å². The number of hydrogen-bond acceptors (Lipinski definition) is 11. The molecule has 2 heterocycles. The lowest BCUT2D eigenvalue weighted by Gasteiger charge is -2.47. The molecule has 2 aliphatic heterocycles. The van der Waals surface area contributed by atoms with Gasteiger partial charge in [0.15, 0.2) is 12.6 Å². The van der Waals surface area contributed by atoms with E-state index in [0.717, 1.165) is 0 Å². The molecule has 1 amide bonds. The minimum Gasteiger partial charge on any atom is -0.394 e. The number of amides is 1. The molecule has 2 rings (SSSR count). The zero-order valence-electron chi connectivity index (χ0n) is 16.3. The summed E-state index contributed by atoms with van der Waals surface area (Å²) in [6.07, 6.45) is -9.44. The van der Waals surface area contributed by atoms with Crippen LogP contribution < -0.4 is 5.32 Å². The number of hydrogen-bond donors (Lipinski definition) is 7. The van der Waals surface area contributed by atoms with Crippen molar-refractivity contribution in [2.45, 2.75) is 69.1 Å². The van der Waals surface area contributed by atoms with E-state index in [0.29, 0.717) is 5.75 Å². The van der Waals surface area contributed by atoms with E-state index in [-0.39, 0.29) is 6.61 Å². The molecule has 0 aromatic rings. The number of ether oxygens (including phenoxy) is 4. The maximum Gasteiger partial charge on any atom is 0.217 e. The Bertz CT molecular complexity index is 526. The van der Waals surface area contributed by atoms with Crippen LogP contribution in [0.4, 0.5) is 0 Å². The smallest absolute Gasteiger partial charge is 0.217 e. The van der Waals surface area contributed by atoms with Gasteiger partial charge in [0, 0.05) is 18.6 Å². The van der Waals surface area contributed by atoms with Crippen LogP contribution in [-0.2, 0) is 23.7 Å². The maximum absolute atomic E-state index is 11.5. The molecule has 0 radical (unpaired) electrons. The Labute approximate surface area is 174 Å². The summed E-state index contributed by atoms with van der Waals surface area (Å²) in [5.41, 5.74) is 0. The quantitative estimate of drug-likeness (QED) is 0.193. The first-order chi connectivity index (χ1) is 13.7. The van der Waals surface area contributed by atoms with Crippen molar-refractivity contribution in [3.05, 3.63) is 0 Å². The third-order valence-electron chi connectivity index (χ3n) is 5.08. The first-order valence-electron chi connectivity index (χ1n) is 9.47. The molecule has 2 saturated heterocycles. The van der Waals surface area contributed by atoms with Gasteiger partial charge in [-0.05, 0) is 0 Å². The highest BCUT2D eigenvalue weighted by molar-refractivity contribution is 7.80. The van der Waals surface area contributed by atoms with Crippen LogP contribution in [0.15, 0.2) is 0 Å². The van der Waals surface area contributed by atoms with Crippen LogP contribution in [-0.4, -0.2) is 112 Å². The van der Waals surface area contributed by atoms with Gasteiger partial charge in [0.2, 0.25) is 5.91 Å². The Balaban J connectivity index is 2.19. The van der Waals surface area contributed by atoms with E-state index < -0.39 is 80.3 Å². The lowest BCUT2D eigenvalue weighted by atomic mass is 9.91. The summed E-state index contributed by atoms with van der Waals surface area (Å²) in [5, 5.41) is 52.7. The molecule has 0 saturated carbocycles. The van der Waals surface area contributed by atoms with Crippen molar-refractivity contribution >= 4 is 18.5 Å². The van der Waals surface area contributed by atoms with Crippen molar-refractivity contribution in [3.8, 4) is 0 Å². The average Bonchev–Trinajstić information content (AvgIpc) is 2.69. The van der Waals surface area contributed by atoms with Crippen LogP contribution in [0.3, 0.4) is 0 Å². The minimum absolute atomic E-state index is 0.285. The fourth-order valence-electron chi connectivity index (χ4n) is 3.47. The van der Waals surface area contributed by atoms with Crippen molar-refractivity contribution in [3.63, 3.8) is 0 Å². The lowest BCUT2D eigenvalue weighted by Crippen LogP contribution is -2.67. The van der Waals surface area contributed by atoms with Crippen LogP contribution in [0.1, 0.15) is 13.8 Å². The van der Waals surface area contributed by atoms with E-state index >= 15 is 0 Å². The number of nitrogens with one attached hydrogen (secondary N) is 1. The van der Waals surface area contributed by atoms with Crippen molar-refractivity contribution in [2.24, 2.45) is 5.92 Å². The van der Waals surface area contributed by atoms with Crippen LogP contribution >= 0.6 is 12.6 Å². The predicted octanol–water partition coefficient (Wildman–Crippen LogP) is -3.02. The van der Waals surface area contributed by atoms with Gasteiger partial charge < -0.3 is 49.8 Å². The topological polar surface area (TPSA) is 167 Å². The van der Waals surface area contributed by atoms with Gasteiger partial charge >= 0.3 is 0 Å². The molecule has 170 valence electrons. The van der Waals surface area contributed by atoms with Gasteiger partial charge in [-0.25, -0.2) is 0 Å². The predicted molar refractivity (Wildman–Crippen MR) is 101 cm³/mol. The highest BCUT2D eigenvalue weighted by atomic mass is 32.1. The Morgan fingerprint density at radius 1 is 1.03 bits per heavy atom. The third-order valence-corrected chi connectivity index (χ3v) is 5.26. The summed E-state index contributed by atoms with van der Waals surface area (Å²) in [7, 11) is 0. The molecule has 2 aliphatic rings. The van der Waals surface area contributed by atoms with Crippen LogP contribution in [0.25, 0.3) is 0 Å². The molecule has 0 aliphatic carbocycles. The van der Waals surface area contributed by atoms with Gasteiger partial charge in [-0.15, -0.1) is 0 Å². The molecule has 11 nitrogen and oxygen atoms in total. The highest BCUT2D eigenvalue weighted by Crippen LogP contribution is 2.32. The summed E-state index contributed by atoms with van der Waals surface area (Å²) in [4.78, 5) is 11.5. The zero-order chi connectivity index (χ0) is 21.7. The normalized spacial score (nSPS) is 43.2. The fourth-order valence-corrected chi connectivity index (χ4v) is 3.58. The first kappa shape index (κ1) is 24.7. The first-order valence-corrected chi connectivity index (χ1v) is 10.1. The second-order valence-electron chi connectivity index (χ2n) is 7.20. The summed E-state index contributed by atoms with van der Waals surface area (Å²) in [6, 6.07) is -1.18. The van der Waals surface area contributed by atoms with Crippen LogP contribution in [0.2, 0.25) is 0 Å². The Kier molecular flexibility index (Phi) is 9.54. The molecule has 10 atom stereocenters. The zero-order valence-corrected chi connectivity index (χ0v) is 17.2. The molecule has 6 unspecified atom stereocenters. The summed E-state index contributed by atoms with van der Waals surface area (Å²) >= 11 is 4.06.